The normalized spacial score (nSPS) is 15.0. The molecule has 0 radical (unpaired) electrons. The second kappa shape index (κ2) is 8.83. The van der Waals surface area contributed by atoms with Crippen LogP contribution in [0.1, 0.15) is 29.8 Å². The lowest BCUT2D eigenvalue weighted by atomic mass is 10.1. The summed E-state index contributed by atoms with van der Waals surface area (Å²) in [6, 6.07) is 15.2. The van der Waals surface area contributed by atoms with E-state index in [1.54, 1.807) is 0 Å². The van der Waals surface area contributed by atoms with Crippen LogP contribution in [0.2, 0.25) is 0 Å². The molecule has 0 aromatic heterocycles. The third kappa shape index (κ3) is 5.31. The quantitative estimate of drug-likeness (QED) is 0.862. The fraction of sp³-hybridized carbons (Fsp3) is 0.381. The summed E-state index contributed by atoms with van der Waals surface area (Å²) >= 11 is 0. The van der Waals surface area contributed by atoms with Crippen molar-refractivity contribution < 1.29 is 14.3 Å². The van der Waals surface area contributed by atoms with Crippen molar-refractivity contribution in [2.24, 2.45) is 0 Å². The number of hydrogen-bond acceptors (Lipinski definition) is 4. The van der Waals surface area contributed by atoms with Gasteiger partial charge in [0.2, 0.25) is 0 Å². The average molecular weight is 354 g/mol. The summed E-state index contributed by atoms with van der Waals surface area (Å²) in [6.45, 7) is 8.22. The highest BCUT2D eigenvalue weighted by molar-refractivity contribution is 6.04. The van der Waals surface area contributed by atoms with Crippen molar-refractivity contribution in [3.05, 3.63) is 59.7 Å². The van der Waals surface area contributed by atoms with E-state index >= 15 is 0 Å². The number of rotatable bonds is 6. The minimum absolute atomic E-state index is 0.105. The predicted molar refractivity (Wildman–Crippen MR) is 103 cm³/mol. The maximum atomic E-state index is 12.5. The molecule has 0 atom stereocenters. The van der Waals surface area contributed by atoms with Crippen molar-refractivity contribution in [2.75, 3.05) is 31.6 Å². The Kier molecular flexibility index (Phi) is 6.26. The van der Waals surface area contributed by atoms with Gasteiger partial charge in [0.25, 0.3) is 5.91 Å². The van der Waals surface area contributed by atoms with Crippen LogP contribution < -0.4 is 10.1 Å². The summed E-state index contributed by atoms with van der Waals surface area (Å²) in [7, 11) is 0. The van der Waals surface area contributed by atoms with Crippen LogP contribution in [-0.4, -0.2) is 43.2 Å². The van der Waals surface area contributed by atoms with E-state index in [9.17, 15) is 4.79 Å². The number of hydrogen-bond donors (Lipinski definition) is 1. The van der Waals surface area contributed by atoms with Crippen molar-refractivity contribution in [3.8, 4) is 5.75 Å². The molecule has 26 heavy (non-hydrogen) atoms. The Morgan fingerprint density at radius 2 is 1.88 bits per heavy atom. The summed E-state index contributed by atoms with van der Waals surface area (Å²) in [5, 5.41) is 2.94. The molecular formula is C21H26N2O3. The highest BCUT2D eigenvalue weighted by Crippen LogP contribution is 2.18. The standard InChI is InChI=1S/C21H26N2O3/c1-16(2)26-20-8-6-19(7-9-20)22-21(24)18-5-3-4-17(14-18)15-23-10-12-25-13-11-23/h3-9,14,16H,10-13,15H2,1-2H3,(H,22,24). The number of nitrogens with one attached hydrogen (secondary N) is 1. The highest BCUT2D eigenvalue weighted by Gasteiger charge is 2.12. The van der Waals surface area contributed by atoms with Crippen LogP contribution in [0.5, 0.6) is 5.75 Å². The third-order valence-electron chi connectivity index (χ3n) is 4.18. The Morgan fingerprint density at radius 1 is 1.15 bits per heavy atom. The predicted octanol–water partition coefficient (Wildman–Crippen LogP) is 3.56. The van der Waals surface area contributed by atoms with E-state index < -0.39 is 0 Å². The molecule has 3 rings (SSSR count). The zero-order valence-electron chi connectivity index (χ0n) is 15.4. The van der Waals surface area contributed by atoms with Crippen LogP contribution in [0, 0.1) is 0 Å². The van der Waals surface area contributed by atoms with Gasteiger partial charge in [-0.3, -0.25) is 9.69 Å². The van der Waals surface area contributed by atoms with Crippen LogP contribution in [0.4, 0.5) is 5.69 Å². The van der Waals surface area contributed by atoms with E-state index in [4.69, 9.17) is 9.47 Å². The molecule has 5 nitrogen and oxygen atoms in total. The molecule has 1 saturated heterocycles. The van der Waals surface area contributed by atoms with E-state index in [1.165, 1.54) is 0 Å². The average Bonchev–Trinajstić information content (AvgIpc) is 2.64. The number of anilines is 1. The van der Waals surface area contributed by atoms with Gasteiger partial charge >= 0.3 is 0 Å². The molecule has 1 fully saturated rings. The first kappa shape index (κ1) is 18.4. The molecule has 138 valence electrons. The molecule has 1 N–H and O–H groups in total. The summed E-state index contributed by atoms with van der Waals surface area (Å²) in [5.74, 6) is 0.692. The summed E-state index contributed by atoms with van der Waals surface area (Å²) in [5.41, 5.74) is 2.56. The van der Waals surface area contributed by atoms with E-state index in [0.717, 1.165) is 49.8 Å². The Hall–Kier alpha value is -2.37. The minimum Gasteiger partial charge on any atom is -0.491 e. The van der Waals surface area contributed by atoms with E-state index in [-0.39, 0.29) is 12.0 Å². The summed E-state index contributed by atoms with van der Waals surface area (Å²) < 4.78 is 11.0. The molecule has 0 bridgehead atoms. The lowest BCUT2D eigenvalue weighted by Gasteiger charge is -2.26. The first-order valence-electron chi connectivity index (χ1n) is 9.07. The number of ether oxygens (including phenoxy) is 2. The van der Waals surface area contributed by atoms with Crippen molar-refractivity contribution in [3.63, 3.8) is 0 Å². The highest BCUT2D eigenvalue weighted by atomic mass is 16.5. The molecule has 0 spiro atoms. The molecule has 5 heteroatoms. The zero-order chi connectivity index (χ0) is 18.4. The monoisotopic (exact) mass is 354 g/mol. The van der Waals surface area contributed by atoms with Gasteiger partial charge in [-0.1, -0.05) is 12.1 Å². The molecule has 1 heterocycles. The van der Waals surface area contributed by atoms with Gasteiger partial charge in [-0.15, -0.1) is 0 Å². The van der Waals surface area contributed by atoms with Crippen LogP contribution >= 0.6 is 0 Å². The molecule has 1 aliphatic heterocycles. The molecular weight excluding hydrogens is 328 g/mol. The number of amides is 1. The number of morpholine rings is 1. The van der Waals surface area contributed by atoms with Crippen LogP contribution in [0.15, 0.2) is 48.5 Å². The Morgan fingerprint density at radius 3 is 2.58 bits per heavy atom. The van der Waals surface area contributed by atoms with E-state index in [0.29, 0.717) is 5.56 Å². The second-order valence-electron chi connectivity index (χ2n) is 6.73. The molecule has 2 aromatic carbocycles. The first-order valence-corrected chi connectivity index (χ1v) is 9.07. The Labute approximate surface area is 154 Å². The largest absolute Gasteiger partial charge is 0.491 e. The van der Waals surface area contributed by atoms with Crippen LogP contribution in [-0.2, 0) is 11.3 Å². The van der Waals surface area contributed by atoms with Crippen LogP contribution in [0.25, 0.3) is 0 Å². The van der Waals surface area contributed by atoms with Crippen molar-refractivity contribution in [1.29, 1.82) is 0 Å². The molecule has 0 saturated carbocycles. The topological polar surface area (TPSA) is 50.8 Å². The Balaban J connectivity index is 1.61. The van der Waals surface area contributed by atoms with Crippen molar-refractivity contribution in [1.82, 2.24) is 4.90 Å². The van der Waals surface area contributed by atoms with Gasteiger partial charge in [-0.2, -0.15) is 0 Å². The maximum Gasteiger partial charge on any atom is 0.255 e. The minimum atomic E-state index is -0.105. The van der Waals surface area contributed by atoms with E-state index in [2.05, 4.69) is 16.3 Å². The van der Waals surface area contributed by atoms with Gasteiger partial charge in [0.05, 0.1) is 19.3 Å². The van der Waals surface area contributed by atoms with Crippen molar-refractivity contribution in [2.45, 2.75) is 26.5 Å². The van der Waals surface area contributed by atoms with Gasteiger partial charge in [0.1, 0.15) is 5.75 Å². The van der Waals surface area contributed by atoms with Gasteiger partial charge in [-0.25, -0.2) is 0 Å². The summed E-state index contributed by atoms with van der Waals surface area (Å²) in [4.78, 5) is 14.9. The second-order valence-corrected chi connectivity index (χ2v) is 6.73. The van der Waals surface area contributed by atoms with E-state index in [1.807, 2.05) is 56.3 Å². The zero-order valence-corrected chi connectivity index (χ0v) is 15.4. The first-order chi connectivity index (χ1) is 12.6. The molecule has 1 amide bonds. The number of nitrogens with zero attached hydrogens (tertiary/aromatic N) is 1. The van der Waals surface area contributed by atoms with Gasteiger partial charge in [-0.05, 0) is 55.8 Å². The fourth-order valence-electron chi connectivity index (χ4n) is 2.92. The van der Waals surface area contributed by atoms with Gasteiger partial charge < -0.3 is 14.8 Å². The number of carbonyl (C=O) groups excluding carboxylic acids is 1. The van der Waals surface area contributed by atoms with Crippen molar-refractivity contribution >= 4 is 11.6 Å². The van der Waals surface area contributed by atoms with Crippen LogP contribution in [0.3, 0.4) is 0 Å². The lowest BCUT2D eigenvalue weighted by Crippen LogP contribution is -2.35. The number of benzene rings is 2. The molecule has 1 aliphatic rings. The molecule has 0 aliphatic carbocycles. The van der Waals surface area contributed by atoms with Gasteiger partial charge in [0.15, 0.2) is 0 Å². The summed E-state index contributed by atoms with van der Waals surface area (Å²) in [6.07, 6.45) is 0.129. The fourth-order valence-corrected chi connectivity index (χ4v) is 2.92. The lowest BCUT2D eigenvalue weighted by molar-refractivity contribution is 0.0342. The molecule has 0 unspecified atom stereocenters. The Bertz CT molecular complexity index is 722. The SMILES string of the molecule is CC(C)Oc1ccc(NC(=O)c2cccc(CN3CCOCC3)c2)cc1. The number of carbonyl (C=O) groups is 1. The maximum absolute atomic E-state index is 12.5. The molecule has 2 aromatic rings. The third-order valence-corrected chi connectivity index (χ3v) is 4.18. The smallest absolute Gasteiger partial charge is 0.255 e. The van der Waals surface area contributed by atoms with Gasteiger partial charge in [0, 0.05) is 30.9 Å².